The van der Waals surface area contributed by atoms with Crippen molar-refractivity contribution >= 4 is 22.6 Å². The van der Waals surface area contributed by atoms with Crippen LogP contribution in [-0.4, -0.2) is 35.2 Å². The maximum absolute atomic E-state index is 13.0. The molecule has 1 aromatic heterocycles. The van der Waals surface area contributed by atoms with Crippen molar-refractivity contribution in [1.82, 2.24) is 20.4 Å². The molecule has 4 aromatic rings. The summed E-state index contributed by atoms with van der Waals surface area (Å²) in [5.74, 6) is -0.777. The van der Waals surface area contributed by atoms with Gasteiger partial charge >= 0.3 is 0 Å². The summed E-state index contributed by atoms with van der Waals surface area (Å²) in [6, 6.07) is 19.1. The molecule has 0 bridgehead atoms. The minimum atomic E-state index is -0.601. The first-order valence-corrected chi connectivity index (χ1v) is 10.4. The third-order valence-corrected chi connectivity index (χ3v) is 5.15. The fourth-order valence-corrected chi connectivity index (χ4v) is 3.37. The van der Waals surface area contributed by atoms with Crippen molar-refractivity contribution in [3.8, 4) is 11.4 Å². The third kappa shape index (κ3) is 4.93. The second-order valence-corrected chi connectivity index (χ2v) is 7.40. The quantitative estimate of drug-likeness (QED) is 0.441. The van der Waals surface area contributed by atoms with E-state index in [9.17, 15) is 18.8 Å². The summed E-state index contributed by atoms with van der Waals surface area (Å²) in [5, 5.41) is 10.2. The Balaban J connectivity index is 1.54. The number of ether oxygens (including phenoxy) is 1. The van der Waals surface area contributed by atoms with Crippen molar-refractivity contribution in [1.29, 1.82) is 0 Å². The molecular weight excluding hydrogens is 439 g/mol. The average molecular weight is 460 g/mol. The van der Waals surface area contributed by atoms with Gasteiger partial charge in [-0.2, -0.15) is 9.78 Å². The Morgan fingerprint density at radius 1 is 0.941 bits per heavy atom. The lowest BCUT2D eigenvalue weighted by Gasteiger charge is -2.12. The van der Waals surface area contributed by atoms with Gasteiger partial charge in [-0.25, -0.2) is 4.39 Å². The first kappa shape index (κ1) is 22.7. The van der Waals surface area contributed by atoms with Gasteiger partial charge in [0, 0.05) is 11.9 Å². The van der Waals surface area contributed by atoms with Crippen LogP contribution in [0.5, 0.6) is 5.75 Å². The molecule has 8 nitrogen and oxygen atoms in total. The fraction of sp³-hybridized carbons (Fsp3) is 0.120. The van der Waals surface area contributed by atoms with Crippen LogP contribution in [0.1, 0.15) is 16.1 Å². The Morgan fingerprint density at radius 3 is 2.29 bits per heavy atom. The van der Waals surface area contributed by atoms with Gasteiger partial charge in [0.05, 0.1) is 24.7 Å². The molecule has 0 aliphatic heterocycles. The zero-order chi connectivity index (χ0) is 24.1. The van der Waals surface area contributed by atoms with E-state index in [0.717, 1.165) is 10.2 Å². The molecule has 0 aliphatic rings. The minimum Gasteiger partial charge on any atom is -0.497 e. The SMILES string of the molecule is COc1ccc(-n2nc(C(=O)NCC(=O)NCc3ccc(F)cc3)c3ccccc3c2=O)cc1. The molecule has 0 aliphatic carbocycles. The number of amides is 2. The van der Waals surface area contributed by atoms with Crippen LogP contribution in [0.25, 0.3) is 16.5 Å². The van der Waals surface area contributed by atoms with E-state index in [0.29, 0.717) is 22.2 Å². The third-order valence-electron chi connectivity index (χ3n) is 5.15. The van der Waals surface area contributed by atoms with Gasteiger partial charge in [0.25, 0.3) is 11.5 Å². The molecule has 172 valence electrons. The standard InChI is InChI=1S/C25H21FN4O4/c1-34-19-12-10-18(11-13-19)30-25(33)21-5-3-2-4-20(21)23(29-30)24(32)28-15-22(31)27-14-16-6-8-17(26)9-7-16/h2-13H,14-15H2,1H3,(H,27,31)(H,28,32). The zero-order valence-electron chi connectivity index (χ0n) is 18.2. The van der Waals surface area contributed by atoms with Gasteiger partial charge in [-0.05, 0) is 48.0 Å². The zero-order valence-corrected chi connectivity index (χ0v) is 18.2. The van der Waals surface area contributed by atoms with Gasteiger partial charge in [-0.3, -0.25) is 14.4 Å². The number of hydrogen-bond acceptors (Lipinski definition) is 5. The van der Waals surface area contributed by atoms with Crippen molar-refractivity contribution in [2.24, 2.45) is 0 Å². The number of methoxy groups -OCH3 is 1. The summed E-state index contributed by atoms with van der Waals surface area (Å²) in [7, 11) is 1.54. The molecule has 4 rings (SSSR count). The Kier molecular flexibility index (Phi) is 6.63. The van der Waals surface area contributed by atoms with E-state index >= 15 is 0 Å². The summed E-state index contributed by atoms with van der Waals surface area (Å²) in [6.45, 7) is -0.101. The van der Waals surface area contributed by atoms with Gasteiger partial charge in [-0.15, -0.1) is 0 Å². The van der Waals surface area contributed by atoms with Crippen molar-refractivity contribution < 1.29 is 18.7 Å². The van der Waals surface area contributed by atoms with Gasteiger partial charge < -0.3 is 15.4 Å². The largest absolute Gasteiger partial charge is 0.497 e. The first-order chi connectivity index (χ1) is 16.5. The molecule has 0 unspecified atom stereocenters. The van der Waals surface area contributed by atoms with E-state index in [4.69, 9.17) is 4.74 Å². The molecule has 1 heterocycles. The first-order valence-electron chi connectivity index (χ1n) is 10.4. The number of carbonyl (C=O) groups is 2. The number of rotatable bonds is 7. The summed E-state index contributed by atoms with van der Waals surface area (Å²) < 4.78 is 19.3. The van der Waals surface area contributed by atoms with Gasteiger partial charge in [0.1, 0.15) is 11.6 Å². The number of nitrogens with one attached hydrogen (secondary N) is 2. The Hall–Kier alpha value is -4.53. The number of benzene rings is 3. The lowest BCUT2D eigenvalue weighted by Crippen LogP contribution is -2.38. The average Bonchev–Trinajstić information content (AvgIpc) is 2.87. The number of hydrogen-bond donors (Lipinski definition) is 2. The Morgan fingerprint density at radius 2 is 1.62 bits per heavy atom. The van der Waals surface area contributed by atoms with Crippen LogP contribution in [0.4, 0.5) is 4.39 Å². The number of carbonyl (C=O) groups excluding carboxylic acids is 2. The lowest BCUT2D eigenvalue weighted by atomic mass is 10.1. The normalized spacial score (nSPS) is 10.6. The highest BCUT2D eigenvalue weighted by Crippen LogP contribution is 2.17. The second-order valence-electron chi connectivity index (χ2n) is 7.40. The summed E-state index contributed by atoms with van der Waals surface area (Å²) in [5.41, 5.74) is 0.814. The van der Waals surface area contributed by atoms with E-state index in [1.807, 2.05) is 0 Å². The lowest BCUT2D eigenvalue weighted by molar-refractivity contribution is -0.120. The molecule has 0 spiro atoms. The van der Waals surface area contributed by atoms with Crippen LogP contribution in [0.3, 0.4) is 0 Å². The van der Waals surface area contributed by atoms with Crippen LogP contribution >= 0.6 is 0 Å². The second kappa shape index (κ2) is 9.95. The fourth-order valence-electron chi connectivity index (χ4n) is 3.37. The summed E-state index contributed by atoms with van der Waals surface area (Å²) in [4.78, 5) is 38.2. The molecule has 3 aromatic carbocycles. The van der Waals surface area contributed by atoms with Crippen molar-refractivity contribution in [3.05, 3.63) is 100 Å². The van der Waals surface area contributed by atoms with Gasteiger partial charge in [-0.1, -0.05) is 30.3 Å². The molecule has 0 radical (unpaired) electrons. The predicted octanol–water partition coefficient (Wildman–Crippen LogP) is 2.58. The molecule has 34 heavy (non-hydrogen) atoms. The Labute approximate surface area is 194 Å². The van der Waals surface area contributed by atoms with Crippen LogP contribution in [0, 0.1) is 5.82 Å². The highest BCUT2D eigenvalue weighted by molar-refractivity contribution is 6.05. The maximum atomic E-state index is 13.0. The molecule has 0 saturated heterocycles. The van der Waals surface area contributed by atoms with E-state index < -0.39 is 11.8 Å². The van der Waals surface area contributed by atoms with E-state index in [2.05, 4.69) is 15.7 Å². The van der Waals surface area contributed by atoms with Crippen molar-refractivity contribution in [2.45, 2.75) is 6.54 Å². The molecule has 9 heteroatoms. The van der Waals surface area contributed by atoms with Crippen LogP contribution in [-0.2, 0) is 11.3 Å². The molecule has 0 atom stereocenters. The molecule has 2 N–H and O–H groups in total. The predicted molar refractivity (Wildman–Crippen MR) is 124 cm³/mol. The monoisotopic (exact) mass is 460 g/mol. The summed E-state index contributed by atoms with van der Waals surface area (Å²) >= 11 is 0. The van der Waals surface area contributed by atoms with E-state index in [-0.39, 0.29) is 30.2 Å². The van der Waals surface area contributed by atoms with Gasteiger partial charge in [0.2, 0.25) is 5.91 Å². The highest BCUT2D eigenvalue weighted by Gasteiger charge is 2.18. The molecular formula is C25H21FN4O4. The highest BCUT2D eigenvalue weighted by atomic mass is 19.1. The molecule has 0 saturated carbocycles. The number of halogens is 1. The van der Waals surface area contributed by atoms with E-state index in [1.54, 1.807) is 60.7 Å². The number of nitrogens with zero attached hydrogens (tertiary/aromatic N) is 2. The van der Waals surface area contributed by atoms with Gasteiger partial charge in [0.15, 0.2) is 5.69 Å². The van der Waals surface area contributed by atoms with E-state index in [1.165, 1.54) is 19.2 Å². The van der Waals surface area contributed by atoms with Crippen LogP contribution in [0.15, 0.2) is 77.6 Å². The van der Waals surface area contributed by atoms with Crippen LogP contribution < -0.4 is 20.9 Å². The smallest absolute Gasteiger partial charge is 0.279 e. The molecule has 0 fully saturated rings. The summed E-state index contributed by atoms with van der Waals surface area (Å²) in [6.07, 6.45) is 0. The molecule has 2 amide bonds. The maximum Gasteiger partial charge on any atom is 0.279 e. The Bertz CT molecular complexity index is 1400. The number of aromatic nitrogens is 2. The minimum absolute atomic E-state index is 0.0114. The van der Waals surface area contributed by atoms with Crippen molar-refractivity contribution in [2.75, 3.05) is 13.7 Å². The van der Waals surface area contributed by atoms with Crippen LogP contribution in [0.2, 0.25) is 0 Å². The topological polar surface area (TPSA) is 102 Å². The number of fused-ring (bicyclic) bond motifs is 1. The van der Waals surface area contributed by atoms with Crippen molar-refractivity contribution in [3.63, 3.8) is 0 Å².